The van der Waals surface area contributed by atoms with Crippen LogP contribution in [0.5, 0.6) is 0 Å². The van der Waals surface area contributed by atoms with E-state index in [-0.39, 0.29) is 17.1 Å². The Labute approximate surface area is 97.6 Å². The highest BCUT2D eigenvalue weighted by Crippen LogP contribution is 2.23. The molecule has 0 aromatic heterocycles. The van der Waals surface area contributed by atoms with Crippen molar-refractivity contribution in [3.63, 3.8) is 0 Å². The van der Waals surface area contributed by atoms with Crippen molar-refractivity contribution < 1.29 is 22.7 Å². The molecule has 90 valence electrons. The van der Waals surface area contributed by atoms with Crippen LogP contribution >= 0.6 is 0 Å². The quantitative estimate of drug-likeness (QED) is 0.761. The first-order valence-electron chi connectivity index (χ1n) is 4.73. The molecule has 0 fully saturated rings. The van der Waals surface area contributed by atoms with Crippen LogP contribution in [-0.4, -0.2) is 20.3 Å². The number of carbonyl (C=O) groups is 2. The van der Waals surface area contributed by atoms with E-state index in [1.54, 1.807) is 0 Å². The molecule has 1 aliphatic heterocycles. The maximum absolute atomic E-state index is 11.4. The van der Waals surface area contributed by atoms with E-state index in [0.29, 0.717) is 5.56 Å². The SMILES string of the molecule is CC(=O)OCc1ccc2c(c1)C(=O)NS2(=O)=O. The Balaban J connectivity index is 2.36. The Kier molecular flexibility index (Phi) is 2.62. The zero-order chi connectivity index (χ0) is 12.6. The standard InChI is InChI=1S/C10H9NO5S/c1-6(12)16-5-7-2-3-9-8(4-7)10(13)11-17(9,14)15/h2-4H,5H2,1H3,(H,11,13). The van der Waals surface area contributed by atoms with Gasteiger partial charge < -0.3 is 4.74 Å². The molecule has 1 aliphatic rings. The van der Waals surface area contributed by atoms with E-state index in [4.69, 9.17) is 4.74 Å². The third-order valence-electron chi connectivity index (χ3n) is 2.25. The lowest BCUT2D eigenvalue weighted by Crippen LogP contribution is -2.20. The van der Waals surface area contributed by atoms with Gasteiger partial charge in [0, 0.05) is 6.92 Å². The summed E-state index contributed by atoms with van der Waals surface area (Å²) in [5.74, 6) is -1.10. The Morgan fingerprint density at radius 3 is 2.76 bits per heavy atom. The van der Waals surface area contributed by atoms with Gasteiger partial charge in [-0.3, -0.25) is 9.59 Å². The van der Waals surface area contributed by atoms with Gasteiger partial charge in [-0.25, -0.2) is 13.1 Å². The van der Waals surface area contributed by atoms with E-state index >= 15 is 0 Å². The van der Waals surface area contributed by atoms with Gasteiger partial charge in [0.1, 0.15) is 11.5 Å². The van der Waals surface area contributed by atoms with Crippen LogP contribution in [0, 0.1) is 0 Å². The highest BCUT2D eigenvalue weighted by atomic mass is 32.2. The Hall–Kier alpha value is -1.89. The maximum atomic E-state index is 11.4. The van der Waals surface area contributed by atoms with Gasteiger partial charge in [0.05, 0.1) is 5.56 Å². The third kappa shape index (κ3) is 2.14. The van der Waals surface area contributed by atoms with Gasteiger partial charge >= 0.3 is 5.97 Å². The van der Waals surface area contributed by atoms with Gasteiger partial charge in [-0.2, -0.15) is 0 Å². The van der Waals surface area contributed by atoms with Crippen molar-refractivity contribution in [1.82, 2.24) is 4.72 Å². The van der Waals surface area contributed by atoms with E-state index in [1.807, 2.05) is 4.72 Å². The summed E-state index contributed by atoms with van der Waals surface area (Å²) in [5, 5.41) is 0. The number of rotatable bonds is 2. The topological polar surface area (TPSA) is 89.5 Å². The van der Waals surface area contributed by atoms with Gasteiger partial charge in [0.15, 0.2) is 0 Å². The Morgan fingerprint density at radius 2 is 2.12 bits per heavy atom. The number of sulfonamides is 1. The number of hydrogen-bond acceptors (Lipinski definition) is 5. The fourth-order valence-electron chi connectivity index (χ4n) is 1.50. The molecule has 17 heavy (non-hydrogen) atoms. The monoisotopic (exact) mass is 255 g/mol. The molecule has 0 saturated carbocycles. The van der Waals surface area contributed by atoms with E-state index < -0.39 is 21.9 Å². The number of ether oxygens (including phenoxy) is 1. The lowest BCUT2D eigenvalue weighted by Gasteiger charge is -2.03. The minimum Gasteiger partial charge on any atom is -0.461 e. The van der Waals surface area contributed by atoms with Crippen LogP contribution in [0.25, 0.3) is 0 Å². The van der Waals surface area contributed by atoms with E-state index in [0.717, 1.165) is 0 Å². The molecule has 1 aromatic carbocycles. The number of hydrogen-bond donors (Lipinski definition) is 1. The molecule has 0 bridgehead atoms. The number of nitrogens with one attached hydrogen (secondary N) is 1. The first-order valence-corrected chi connectivity index (χ1v) is 6.22. The number of amides is 1. The minimum absolute atomic E-state index is 0.00986. The van der Waals surface area contributed by atoms with Crippen molar-refractivity contribution in [3.05, 3.63) is 29.3 Å². The van der Waals surface area contributed by atoms with Crippen LogP contribution in [-0.2, 0) is 26.2 Å². The molecule has 0 atom stereocenters. The highest BCUT2D eigenvalue weighted by Gasteiger charge is 2.32. The lowest BCUT2D eigenvalue weighted by atomic mass is 10.1. The first-order chi connectivity index (χ1) is 7.90. The van der Waals surface area contributed by atoms with Gasteiger partial charge in [-0.15, -0.1) is 0 Å². The van der Waals surface area contributed by atoms with Crippen LogP contribution in [0.2, 0.25) is 0 Å². The van der Waals surface area contributed by atoms with E-state index in [9.17, 15) is 18.0 Å². The zero-order valence-corrected chi connectivity index (χ0v) is 9.71. The smallest absolute Gasteiger partial charge is 0.302 e. The highest BCUT2D eigenvalue weighted by molar-refractivity contribution is 7.90. The van der Waals surface area contributed by atoms with Crippen molar-refractivity contribution in [2.75, 3.05) is 0 Å². The molecular formula is C10H9NO5S. The Morgan fingerprint density at radius 1 is 1.41 bits per heavy atom. The molecule has 0 spiro atoms. The average molecular weight is 255 g/mol. The van der Waals surface area contributed by atoms with Gasteiger partial charge in [0.2, 0.25) is 0 Å². The number of carbonyl (C=O) groups excluding carboxylic acids is 2. The summed E-state index contributed by atoms with van der Waals surface area (Å²) in [6.45, 7) is 1.28. The van der Waals surface area contributed by atoms with Crippen LogP contribution < -0.4 is 4.72 Å². The fourth-order valence-corrected chi connectivity index (χ4v) is 2.65. The minimum atomic E-state index is -3.71. The first kappa shape index (κ1) is 11.6. The normalized spacial score (nSPS) is 16.2. The number of benzene rings is 1. The summed E-state index contributed by atoms with van der Waals surface area (Å²) in [6, 6.07) is 4.22. The lowest BCUT2D eigenvalue weighted by molar-refractivity contribution is -0.142. The van der Waals surface area contributed by atoms with Crippen LogP contribution in [0.1, 0.15) is 22.8 Å². The molecule has 1 heterocycles. The van der Waals surface area contributed by atoms with Crippen molar-refractivity contribution in [2.45, 2.75) is 18.4 Å². The fraction of sp³-hybridized carbons (Fsp3) is 0.200. The third-order valence-corrected chi connectivity index (χ3v) is 3.64. The summed E-state index contributed by atoms with van der Waals surface area (Å²) in [4.78, 5) is 21.9. The molecule has 0 radical (unpaired) electrons. The van der Waals surface area contributed by atoms with Crippen molar-refractivity contribution in [1.29, 1.82) is 0 Å². The molecule has 1 amide bonds. The van der Waals surface area contributed by atoms with Gasteiger partial charge in [-0.05, 0) is 17.7 Å². The summed E-state index contributed by atoms with van der Waals surface area (Å²) < 4.78 is 29.5. The Bertz CT molecular complexity index is 605. The molecule has 7 heteroatoms. The summed E-state index contributed by atoms with van der Waals surface area (Å²) in [5.41, 5.74) is 0.640. The van der Waals surface area contributed by atoms with Crippen molar-refractivity contribution >= 4 is 21.9 Å². The van der Waals surface area contributed by atoms with Gasteiger partial charge in [-0.1, -0.05) is 6.07 Å². The van der Waals surface area contributed by atoms with E-state index in [1.165, 1.54) is 25.1 Å². The van der Waals surface area contributed by atoms with Crippen molar-refractivity contribution in [3.8, 4) is 0 Å². The predicted molar refractivity (Wildman–Crippen MR) is 56.6 cm³/mol. The second kappa shape index (κ2) is 3.85. The largest absolute Gasteiger partial charge is 0.461 e. The van der Waals surface area contributed by atoms with Gasteiger partial charge in [0.25, 0.3) is 15.9 Å². The van der Waals surface area contributed by atoms with Crippen molar-refractivity contribution in [2.24, 2.45) is 0 Å². The second-order valence-corrected chi connectivity index (χ2v) is 5.20. The average Bonchev–Trinajstić information content (AvgIpc) is 2.46. The molecule has 0 unspecified atom stereocenters. The summed E-state index contributed by atoms with van der Waals surface area (Å²) in [6.07, 6.45) is 0. The summed E-state index contributed by atoms with van der Waals surface area (Å²) in [7, 11) is -3.71. The number of esters is 1. The van der Waals surface area contributed by atoms with Crippen LogP contribution in [0.4, 0.5) is 0 Å². The molecule has 0 saturated heterocycles. The second-order valence-electron chi connectivity index (χ2n) is 3.55. The van der Waals surface area contributed by atoms with Crippen LogP contribution in [0.3, 0.4) is 0 Å². The zero-order valence-electron chi connectivity index (χ0n) is 8.89. The number of fused-ring (bicyclic) bond motifs is 1. The molecule has 1 N–H and O–H groups in total. The maximum Gasteiger partial charge on any atom is 0.302 e. The van der Waals surface area contributed by atoms with E-state index in [2.05, 4.69) is 0 Å². The van der Waals surface area contributed by atoms with Crippen LogP contribution in [0.15, 0.2) is 23.1 Å². The summed E-state index contributed by atoms with van der Waals surface area (Å²) >= 11 is 0. The molecule has 6 nitrogen and oxygen atoms in total. The molecule has 0 aliphatic carbocycles. The molecular weight excluding hydrogens is 246 g/mol. The molecule has 1 aromatic rings. The predicted octanol–water partition coefficient (Wildman–Crippen LogP) is 0.182. The molecule has 2 rings (SSSR count).